The Morgan fingerprint density at radius 3 is 2.34 bits per heavy atom. The summed E-state index contributed by atoms with van der Waals surface area (Å²) >= 11 is 0. The van der Waals surface area contributed by atoms with E-state index < -0.39 is 23.1 Å². The number of ketones is 1. The van der Waals surface area contributed by atoms with Crippen molar-refractivity contribution in [2.75, 3.05) is 6.54 Å². The topological polar surface area (TPSA) is 84.8 Å². The molecule has 0 spiro atoms. The number of aromatic nitrogens is 3. The average Bonchev–Trinajstić information content (AvgIpc) is 3.63. The molecule has 1 aromatic carbocycles. The van der Waals surface area contributed by atoms with Crippen LogP contribution in [0.15, 0.2) is 54.7 Å². The van der Waals surface area contributed by atoms with E-state index in [4.69, 9.17) is 0 Å². The van der Waals surface area contributed by atoms with Gasteiger partial charge in [-0.2, -0.15) is 13.2 Å². The minimum absolute atomic E-state index is 0.120. The van der Waals surface area contributed by atoms with E-state index in [1.165, 1.54) is 49.4 Å². The molecule has 0 radical (unpaired) electrons. The van der Waals surface area contributed by atoms with Crippen LogP contribution in [0.4, 0.5) is 13.2 Å². The van der Waals surface area contributed by atoms with Crippen LogP contribution in [0, 0.1) is 5.92 Å². The van der Waals surface area contributed by atoms with E-state index >= 15 is 0 Å². The van der Waals surface area contributed by atoms with Gasteiger partial charge in [-0.1, -0.05) is 31.0 Å². The fourth-order valence-electron chi connectivity index (χ4n) is 3.24. The second-order valence-electron chi connectivity index (χ2n) is 7.60. The van der Waals surface area contributed by atoms with Crippen LogP contribution in [0.2, 0.25) is 0 Å². The average molecular weight is 440 g/mol. The minimum atomic E-state index is -4.65. The van der Waals surface area contributed by atoms with Gasteiger partial charge in [-0.05, 0) is 42.7 Å². The number of alkyl halides is 3. The summed E-state index contributed by atoms with van der Waals surface area (Å²) in [6.45, 7) is 0.601. The lowest BCUT2D eigenvalue weighted by Gasteiger charge is -2.11. The SMILES string of the molecule is O=C(NCCC1CC1)c1ccc(-c2ccc(C(=O)c3ccccc3C(F)(F)F)nc2)nn1. The van der Waals surface area contributed by atoms with E-state index in [-0.39, 0.29) is 17.3 Å². The maximum atomic E-state index is 13.2. The first kappa shape index (κ1) is 21.6. The number of hydrogen-bond donors (Lipinski definition) is 1. The van der Waals surface area contributed by atoms with Gasteiger partial charge in [0.05, 0.1) is 11.3 Å². The molecular formula is C23H19F3N4O2. The summed E-state index contributed by atoms with van der Waals surface area (Å²) in [6.07, 6.45) is 0.0905. The molecule has 164 valence electrons. The van der Waals surface area contributed by atoms with Crippen molar-refractivity contribution >= 4 is 11.7 Å². The smallest absolute Gasteiger partial charge is 0.351 e. The Morgan fingerprint density at radius 1 is 0.969 bits per heavy atom. The lowest BCUT2D eigenvalue weighted by Crippen LogP contribution is -2.25. The molecule has 1 saturated carbocycles. The molecule has 9 heteroatoms. The molecule has 0 bridgehead atoms. The summed E-state index contributed by atoms with van der Waals surface area (Å²) in [5.74, 6) is -0.408. The van der Waals surface area contributed by atoms with E-state index in [0.717, 1.165) is 18.6 Å². The third kappa shape index (κ3) is 4.99. The van der Waals surface area contributed by atoms with Gasteiger partial charge < -0.3 is 5.32 Å². The second kappa shape index (κ2) is 8.86. The number of carbonyl (C=O) groups excluding carboxylic acids is 2. The Bertz CT molecular complexity index is 1130. The summed E-state index contributed by atoms with van der Waals surface area (Å²) in [7, 11) is 0. The van der Waals surface area contributed by atoms with Crippen LogP contribution in [0.25, 0.3) is 11.3 Å². The number of hydrogen-bond acceptors (Lipinski definition) is 5. The predicted molar refractivity (Wildman–Crippen MR) is 110 cm³/mol. The third-order valence-electron chi connectivity index (χ3n) is 5.20. The van der Waals surface area contributed by atoms with Crippen molar-refractivity contribution in [3.8, 4) is 11.3 Å². The highest BCUT2D eigenvalue weighted by molar-refractivity contribution is 6.08. The first-order valence-electron chi connectivity index (χ1n) is 10.1. The maximum absolute atomic E-state index is 13.2. The fourth-order valence-corrected chi connectivity index (χ4v) is 3.24. The van der Waals surface area contributed by atoms with Crippen LogP contribution in [0.5, 0.6) is 0 Å². The van der Waals surface area contributed by atoms with Crippen LogP contribution in [-0.2, 0) is 6.18 Å². The lowest BCUT2D eigenvalue weighted by atomic mass is 10.0. The van der Waals surface area contributed by atoms with E-state index in [9.17, 15) is 22.8 Å². The molecule has 2 heterocycles. The van der Waals surface area contributed by atoms with E-state index in [2.05, 4.69) is 20.5 Å². The molecule has 1 N–H and O–H groups in total. The summed E-state index contributed by atoms with van der Waals surface area (Å²) in [4.78, 5) is 28.7. The van der Waals surface area contributed by atoms with Gasteiger partial charge in [-0.15, -0.1) is 10.2 Å². The molecule has 4 rings (SSSR count). The lowest BCUT2D eigenvalue weighted by molar-refractivity contribution is -0.137. The first-order chi connectivity index (χ1) is 15.3. The van der Waals surface area contributed by atoms with Crippen LogP contribution in [0.3, 0.4) is 0 Å². The largest absolute Gasteiger partial charge is 0.417 e. The Balaban J connectivity index is 1.46. The molecule has 2 aromatic heterocycles. The summed E-state index contributed by atoms with van der Waals surface area (Å²) < 4.78 is 39.6. The highest BCUT2D eigenvalue weighted by atomic mass is 19.4. The Kier molecular flexibility index (Phi) is 5.98. The molecule has 0 aliphatic heterocycles. The van der Waals surface area contributed by atoms with Gasteiger partial charge >= 0.3 is 6.18 Å². The molecule has 6 nitrogen and oxygen atoms in total. The molecule has 0 atom stereocenters. The van der Waals surface area contributed by atoms with Gasteiger partial charge in [0.25, 0.3) is 5.91 Å². The Hall–Kier alpha value is -3.62. The minimum Gasteiger partial charge on any atom is -0.351 e. The van der Waals surface area contributed by atoms with Gasteiger partial charge in [0.15, 0.2) is 5.69 Å². The van der Waals surface area contributed by atoms with Crippen LogP contribution < -0.4 is 5.32 Å². The molecule has 3 aromatic rings. The number of nitrogens with zero attached hydrogens (tertiary/aromatic N) is 3. The summed E-state index contributed by atoms with van der Waals surface area (Å²) in [5.41, 5.74) is -0.469. The zero-order valence-electron chi connectivity index (χ0n) is 16.9. The fraction of sp³-hybridized carbons (Fsp3) is 0.261. The number of rotatable bonds is 7. The number of amides is 1. The van der Waals surface area contributed by atoms with Crippen LogP contribution in [0.1, 0.15) is 51.4 Å². The molecule has 1 amide bonds. The van der Waals surface area contributed by atoms with Crippen LogP contribution in [-0.4, -0.2) is 33.4 Å². The Labute approximate surface area is 181 Å². The normalized spacial score (nSPS) is 13.6. The summed E-state index contributed by atoms with van der Waals surface area (Å²) in [6, 6.07) is 10.6. The van der Waals surface area contributed by atoms with E-state index in [1.807, 2.05) is 0 Å². The monoisotopic (exact) mass is 440 g/mol. The Morgan fingerprint density at radius 2 is 1.72 bits per heavy atom. The van der Waals surface area contributed by atoms with Crippen molar-refractivity contribution in [3.63, 3.8) is 0 Å². The molecule has 0 unspecified atom stereocenters. The van der Waals surface area contributed by atoms with Crippen molar-refractivity contribution in [2.24, 2.45) is 5.92 Å². The second-order valence-corrected chi connectivity index (χ2v) is 7.60. The number of benzene rings is 1. The van der Waals surface area contributed by atoms with Crippen molar-refractivity contribution in [1.82, 2.24) is 20.5 Å². The quantitative estimate of drug-likeness (QED) is 0.553. The van der Waals surface area contributed by atoms with Crippen LogP contribution >= 0.6 is 0 Å². The molecule has 1 aliphatic carbocycles. The maximum Gasteiger partial charge on any atom is 0.417 e. The molecule has 0 saturated heterocycles. The zero-order chi connectivity index (χ0) is 22.7. The van der Waals surface area contributed by atoms with Crippen molar-refractivity contribution in [1.29, 1.82) is 0 Å². The highest BCUT2D eigenvalue weighted by Gasteiger charge is 2.35. The number of nitrogens with one attached hydrogen (secondary N) is 1. The third-order valence-corrected chi connectivity index (χ3v) is 5.20. The van der Waals surface area contributed by atoms with E-state index in [0.29, 0.717) is 23.7 Å². The molecule has 32 heavy (non-hydrogen) atoms. The van der Waals surface area contributed by atoms with Gasteiger partial charge in [-0.3, -0.25) is 14.6 Å². The highest BCUT2D eigenvalue weighted by Crippen LogP contribution is 2.33. The van der Waals surface area contributed by atoms with Gasteiger partial charge in [0, 0.05) is 23.9 Å². The number of carbonyl (C=O) groups is 2. The predicted octanol–water partition coefficient (Wildman–Crippen LogP) is 4.32. The van der Waals surface area contributed by atoms with E-state index in [1.54, 1.807) is 6.07 Å². The van der Waals surface area contributed by atoms with Gasteiger partial charge in [0.1, 0.15) is 5.69 Å². The zero-order valence-corrected chi connectivity index (χ0v) is 16.9. The molecule has 1 aliphatic rings. The molecule has 1 fully saturated rings. The van der Waals surface area contributed by atoms with Gasteiger partial charge in [0.2, 0.25) is 5.78 Å². The number of halogens is 3. The first-order valence-corrected chi connectivity index (χ1v) is 10.1. The molecular weight excluding hydrogens is 421 g/mol. The number of pyridine rings is 1. The van der Waals surface area contributed by atoms with Crippen molar-refractivity contribution < 1.29 is 22.8 Å². The van der Waals surface area contributed by atoms with Crippen molar-refractivity contribution in [2.45, 2.75) is 25.4 Å². The summed E-state index contributed by atoms with van der Waals surface area (Å²) in [5, 5.41) is 10.8. The van der Waals surface area contributed by atoms with Gasteiger partial charge in [-0.25, -0.2) is 0 Å². The standard InChI is InChI=1S/C23H19F3N4O2/c24-23(25,26)17-4-2-1-3-16(17)21(31)19-8-7-15(13-28-19)18-9-10-20(30-29-18)22(32)27-12-11-14-5-6-14/h1-4,7-10,13-14H,5-6,11-12H2,(H,27,32). The van der Waals surface area contributed by atoms with Crippen molar-refractivity contribution in [3.05, 3.63) is 77.2 Å².